The van der Waals surface area contributed by atoms with Gasteiger partial charge < -0.3 is 4.74 Å². The molecule has 0 radical (unpaired) electrons. The summed E-state index contributed by atoms with van der Waals surface area (Å²) in [4.78, 5) is 10.6. The van der Waals surface area contributed by atoms with Crippen molar-refractivity contribution in [3.63, 3.8) is 0 Å². The Hall–Kier alpha value is -1.31. The minimum atomic E-state index is -0.177. The molecular formula is C12H14O2. The largest absolute Gasteiger partial charge is 0.466 e. The third-order valence-corrected chi connectivity index (χ3v) is 2.65. The molecule has 0 aromatic heterocycles. The van der Waals surface area contributed by atoms with Crippen molar-refractivity contribution in [2.24, 2.45) is 5.92 Å². The lowest BCUT2D eigenvalue weighted by molar-refractivity contribution is -0.141. The summed E-state index contributed by atoms with van der Waals surface area (Å²) in [6.45, 7) is 2.04. The molecule has 1 aromatic rings. The first-order valence-electron chi connectivity index (χ1n) is 4.95. The Labute approximate surface area is 83.9 Å². The van der Waals surface area contributed by atoms with E-state index in [-0.39, 0.29) is 5.97 Å². The monoisotopic (exact) mass is 190 g/mol. The summed E-state index contributed by atoms with van der Waals surface area (Å²) >= 11 is 0. The molecule has 0 spiro atoms. The number of hydrogen-bond acceptors (Lipinski definition) is 2. The van der Waals surface area contributed by atoms with Gasteiger partial charge in [-0.1, -0.05) is 30.3 Å². The number of esters is 1. The van der Waals surface area contributed by atoms with E-state index >= 15 is 0 Å². The van der Waals surface area contributed by atoms with Crippen molar-refractivity contribution in [1.82, 2.24) is 0 Å². The zero-order valence-electron chi connectivity index (χ0n) is 8.27. The zero-order valence-corrected chi connectivity index (χ0v) is 8.27. The fourth-order valence-corrected chi connectivity index (χ4v) is 1.76. The lowest BCUT2D eigenvalue weighted by atomic mass is 10.1. The van der Waals surface area contributed by atoms with E-state index in [2.05, 4.69) is 24.3 Å². The van der Waals surface area contributed by atoms with Gasteiger partial charge in [-0.15, -0.1) is 0 Å². The van der Waals surface area contributed by atoms with Gasteiger partial charge in [-0.2, -0.15) is 0 Å². The molecule has 0 heterocycles. The third kappa shape index (κ3) is 2.13. The minimum absolute atomic E-state index is 0.177. The van der Waals surface area contributed by atoms with Gasteiger partial charge in [0.2, 0.25) is 0 Å². The molecule has 0 amide bonds. The second kappa shape index (κ2) is 3.82. The molecule has 1 aliphatic carbocycles. The fraction of sp³-hybridized carbons (Fsp3) is 0.417. The minimum Gasteiger partial charge on any atom is -0.466 e. The molecule has 0 N–H and O–H groups in total. The molecule has 1 aliphatic rings. The molecule has 2 nitrogen and oxygen atoms in total. The van der Waals surface area contributed by atoms with Gasteiger partial charge in [-0.05, 0) is 17.9 Å². The molecule has 1 fully saturated rings. The lowest BCUT2D eigenvalue weighted by Crippen LogP contribution is -2.02. The van der Waals surface area contributed by atoms with Gasteiger partial charge >= 0.3 is 5.97 Å². The van der Waals surface area contributed by atoms with Crippen LogP contribution in [0, 0.1) is 5.92 Å². The SMILES string of the molecule is CC(=O)OC[C@@H]1C[C@H]1c1ccccc1. The van der Waals surface area contributed by atoms with Gasteiger partial charge in [-0.25, -0.2) is 0 Å². The summed E-state index contributed by atoms with van der Waals surface area (Å²) in [7, 11) is 0. The van der Waals surface area contributed by atoms with E-state index in [1.807, 2.05) is 6.07 Å². The Bertz CT molecular complexity index is 318. The molecule has 0 saturated heterocycles. The van der Waals surface area contributed by atoms with E-state index in [1.54, 1.807) is 0 Å². The molecule has 74 valence electrons. The predicted octanol–water partition coefficient (Wildman–Crippen LogP) is 2.35. The molecule has 0 aliphatic heterocycles. The second-order valence-corrected chi connectivity index (χ2v) is 3.82. The molecule has 2 atom stereocenters. The first-order valence-corrected chi connectivity index (χ1v) is 4.95. The molecule has 2 rings (SSSR count). The number of hydrogen-bond donors (Lipinski definition) is 0. The number of carbonyl (C=O) groups is 1. The fourth-order valence-electron chi connectivity index (χ4n) is 1.76. The summed E-state index contributed by atoms with van der Waals surface area (Å²) < 4.78 is 4.98. The van der Waals surface area contributed by atoms with Crippen LogP contribution in [0.25, 0.3) is 0 Å². The Balaban J connectivity index is 1.85. The van der Waals surface area contributed by atoms with Crippen molar-refractivity contribution < 1.29 is 9.53 Å². The smallest absolute Gasteiger partial charge is 0.302 e. The van der Waals surface area contributed by atoms with Crippen LogP contribution in [-0.2, 0) is 9.53 Å². The highest BCUT2D eigenvalue weighted by Crippen LogP contribution is 2.47. The van der Waals surface area contributed by atoms with Crippen molar-refractivity contribution in [2.75, 3.05) is 6.61 Å². The molecule has 14 heavy (non-hydrogen) atoms. The highest BCUT2D eigenvalue weighted by Gasteiger charge is 2.38. The number of benzene rings is 1. The Morgan fingerprint density at radius 3 is 2.79 bits per heavy atom. The van der Waals surface area contributed by atoms with Crippen LogP contribution in [0.15, 0.2) is 30.3 Å². The van der Waals surface area contributed by atoms with Crippen LogP contribution in [0.2, 0.25) is 0 Å². The van der Waals surface area contributed by atoms with Gasteiger partial charge in [0, 0.05) is 12.8 Å². The van der Waals surface area contributed by atoms with Gasteiger partial charge in [-0.3, -0.25) is 4.79 Å². The summed E-state index contributed by atoms with van der Waals surface area (Å²) in [6, 6.07) is 10.4. The Kier molecular flexibility index (Phi) is 2.53. The van der Waals surface area contributed by atoms with E-state index in [4.69, 9.17) is 4.74 Å². The summed E-state index contributed by atoms with van der Waals surface area (Å²) in [6.07, 6.45) is 1.15. The number of ether oxygens (including phenoxy) is 1. The van der Waals surface area contributed by atoms with E-state index in [0.717, 1.165) is 6.42 Å². The van der Waals surface area contributed by atoms with Crippen LogP contribution in [0.1, 0.15) is 24.8 Å². The average molecular weight is 190 g/mol. The van der Waals surface area contributed by atoms with Crippen LogP contribution in [0.5, 0.6) is 0 Å². The first kappa shape index (κ1) is 9.25. The van der Waals surface area contributed by atoms with Crippen molar-refractivity contribution in [3.05, 3.63) is 35.9 Å². The predicted molar refractivity (Wildman–Crippen MR) is 53.9 cm³/mol. The first-order chi connectivity index (χ1) is 6.77. The van der Waals surface area contributed by atoms with Crippen LogP contribution in [-0.4, -0.2) is 12.6 Å². The maximum Gasteiger partial charge on any atom is 0.302 e. The van der Waals surface area contributed by atoms with Gasteiger partial charge in [0.15, 0.2) is 0 Å². The molecule has 0 bridgehead atoms. The maximum absolute atomic E-state index is 10.6. The quantitative estimate of drug-likeness (QED) is 0.684. The summed E-state index contributed by atoms with van der Waals surface area (Å²) in [5.74, 6) is 0.973. The molecule has 0 unspecified atom stereocenters. The normalized spacial score (nSPS) is 24.4. The summed E-state index contributed by atoms with van der Waals surface area (Å²) in [5, 5.41) is 0. The molecule has 1 aromatic carbocycles. The number of carbonyl (C=O) groups excluding carboxylic acids is 1. The standard InChI is InChI=1S/C12H14O2/c1-9(13)14-8-11-7-12(11)10-5-3-2-4-6-10/h2-6,11-12H,7-8H2,1H3/t11-,12-/m0/s1. The van der Waals surface area contributed by atoms with Crippen molar-refractivity contribution >= 4 is 5.97 Å². The molecular weight excluding hydrogens is 176 g/mol. The lowest BCUT2D eigenvalue weighted by Gasteiger charge is -2.01. The maximum atomic E-state index is 10.6. The van der Waals surface area contributed by atoms with Gasteiger partial charge in [0.05, 0.1) is 6.61 Å². The molecule has 1 saturated carbocycles. The van der Waals surface area contributed by atoms with Crippen molar-refractivity contribution in [2.45, 2.75) is 19.3 Å². The van der Waals surface area contributed by atoms with Gasteiger partial charge in [0.1, 0.15) is 0 Å². The van der Waals surface area contributed by atoms with Crippen molar-refractivity contribution in [3.8, 4) is 0 Å². The summed E-state index contributed by atoms with van der Waals surface area (Å²) in [5.41, 5.74) is 1.37. The van der Waals surface area contributed by atoms with Gasteiger partial charge in [0.25, 0.3) is 0 Å². The van der Waals surface area contributed by atoms with E-state index in [9.17, 15) is 4.79 Å². The van der Waals surface area contributed by atoms with Crippen LogP contribution in [0.4, 0.5) is 0 Å². The molecule has 2 heteroatoms. The highest BCUT2D eigenvalue weighted by atomic mass is 16.5. The van der Waals surface area contributed by atoms with Crippen LogP contribution < -0.4 is 0 Å². The zero-order chi connectivity index (χ0) is 9.97. The second-order valence-electron chi connectivity index (χ2n) is 3.82. The van der Waals surface area contributed by atoms with Crippen LogP contribution in [0.3, 0.4) is 0 Å². The Morgan fingerprint density at radius 2 is 2.14 bits per heavy atom. The van der Waals surface area contributed by atoms with E-state index < -0.39 is 0 Å². The van der Waals surface area contributed by atoms with Crippen LogP contribution >= 0.6 is 0 Å². The van der Waals surface area contributed by atoms with E-state index in [0.29, 0.717) is 18.4 Å². The average Bonchev–Trinajstić information content (AvgIpc) is 2.95. The van der Waals surface area contributed by atoms with E-state index in [1.165, 1.54) is 12.5 Å². The van der Waals surface area contributed by atoms with Crippen molar-refractivity contribution in [1.29, 1.82) is 0 Å². The number of rotatable bonds is 3. The third-order valence-electron chi connectivity index (χ3n) is 2.65. The Morgan fingerprint density at radius 1 is 1.43 bits per heavy atom. The highest BCUT2D eigenvalue weighted by molar-refractivity contribution is 5.65. The topological polar surface area (TPSA) is 26.3 Å².